The minimum atomic E-state index is -0.735. The first kappa shape index (κ1) is 19.4. The summed E-state index contributed by atoms with van der Waals surface area (Å²) in [5.41, 5.74) is 0.287. The van der Waals surface area contributed by atoms with Crippen LogP contribution in [0.5, 0.6) is 0 Å². The van der Waals surface area contributed by atoms with Gasteiger partial charge in [-0.2, -0.15) is 11.8 Å². The Morgan fingerprint density at radius 3 is 2.66 bits per heavy atom. The number of esters is 1. The third-order valence-electron chi connectivity index (χ3n) is 4.75. The van der Waals surface area contributed by atoms with E-state index in [1.54, 1.807) is 11.5 Å². The summed E-state index contributed by atoms with van der Waals surface area (Å²) in [6.07, 6.45) is 1.43. The Morgan fingerprint density at radius 2 is 1.97 bits per heavy atom. The topological polar surface area (TPSA) is 64.4 Å². The molecule has 4 rings (SSSR count). The van der Waals surface area contributed by atoms with Crippen molar-refractivity contribution in [2.75, 3.05) is 36.1 Å². The van der Waals surface area contributed by atoms with Gasteiger partial charge in [-0.05, 0) is 25.1 Å². The van der Waals surface area contributed by atoms with Gasteiger partial charge in [0, 0.05) is 36.5 Å². The molecule has 1 saturated heterocycles. The lowest BCUT2D eigenvalue weighted by molar-refractivity contribution is 0.0524. The molecule has 1 aromatic carbocycles. The molecule has 0 saturated carbocycles. The maximum Gasteiger partial charge on any atom is 0.343 e. The molecular weight excluding hydrogens is 393 g/mol. The van der Waals surface area contributed by atoms with Crippen molar-refractivity contribution in [2.24, 2.45) is 0 Å². The Bertz CT molecular complexity index is 1110. The molecule has 0 N–H and O–H groups in total. The molecule has 1 aliphatic heterocycles. The first-order valence-electron chi connectivity index (χ1n) is 9.41. The smallest absolute Gasteiger partial charge is 0.343 e. The Balaban J connectivity index is 1.98. The normalized spacial score (nSPS) is 14.2. The number of halogens is 1. The second kappa shape index (κ2) is 8.24. The summed E-state index contributed by atoms with van der Waals surface area (Å²) < 4.78 is 21.6. The first-order valence-corrected chi connectivity index (χ1v) is 10.6. The van der Waals surface area contributed by atoms with Gasteiger partial charge in [-0.15, -0.1) is 0 Å². The number of rotatable bonds is 4. The van der Waals surface area contributed by atoms with Crippen LogP contribution in [-0.2, 0) is 4.74 Å². The second-order valence-corrected chi connectivity index (χ2v) is 7.79. The number of pyridine rings is 2. The zero-order valence-corrected chi connectivity index (χ0v) is 16.7. The Morgan fingerprint density at radius 1 is 1.24 bits per heavy atom. The number of anilines is 1. The quantitative estimate of drug-likeness (QED) is 0.612. The third kappa shape index (κ3) is 3.72. The molecule has 29 heavy (non-hydrogen) atoms. The van der Waals surface area contributed by atoms with Gasteiger partial charge in [0.1, 0.15) is 5.56 Å². The van der Waals surface area contributed by atoms with E-state index >= 15 is 0 Å². The van der Waals surface area contributed by atoms with Crippen molar-refractivity contribution in [3.05, 3.63) is 64.2 Å². The summed E-state index contributed by atoms with van der Waals surface area (Å²) in [5.74, 6) is 0.716. The summed E-state index contributed by atoms with van der Waals surface area (Å²) in [6.45, 7) is 3.19. The number of para-hydroxylation sites is 1. The summed E-state index contributed by atoms with van der Waals surface area (Å²) in [6, 6.07) is 10.4. The molecule has 0 atom stereocenters. The SMILES string of the molecule is CCOC(=O)c1cn(-c2ccccc2)c2nc(N3CCSCC3)c(F)cc2c1=O. The lowest BCUT2D eigenvalue weighted by atomic mass is 10.1. The van der Waals surface area contributed by atoms with Gasteiger partial charge < -0.3 is 14.2 Å². The van der Waals surface area contributed by atoms with Gasteiger partial charge in [0.2, 0.25) is 5.43 Å². The fourth-order valence-electron chi connectivity index (χ4n) is 3.35. The number of nitrogens with zero attached hydrogens (tertiary/aromatic N) is 3. The van der Waals surface area contributed by atoms with Gasteiger partial charge >= 0.3 is 5.97 Å². The van der Waals surface area contributed by atoms with E-state index in [1.165, 1.54) is 12.3 Å². The predicted molar refractivity (Wildman–Crippen MR) is 113 cm³/mol. The molecule has 1 aliphatic rings. The van der Waals surface area contributed by atoms with Crippen molar-refractivity contribution in [1.82, 2.24) is 9.55 Å². The number of carbonyl (C=O) groups excluding carboxylic acids is 1. The van der Waals surface area contributed by atoms with Gasteiger partial charge in [-0.25, -0.2) is 14.2 Å². The zero-order valence-electron chi connectivity index (χ0n) is 15.9. The van der Waals surface area contributed by atoms with Crippen LogP contribution < -0.4 is 10.3 Å². The summed E-state index contributed by atoms with van der Waals surface area (Å²) >= 11 is 1.82. The molecule has 6 nitrogen and oxygen atoms in total. The highest BCUT2D eigenvalue weighted by atomic mass is 32.2. The van der Waals surface area contributed by atoms with Crippen LogP contribution in [0.1, 0.15) is 17.3 Å². The minimum absolute atomic E-state index is 0.0482. The van der Waals surface area contributed by atoms with Crippen molar-refractivity contribution in [3.63, 3.8) is 0 Å². The number of thioether (sulfide) groups is 1. The average molecular weight is 413 g/mol. The van der Waals surface area contributed by atoms with Crippen LogP contribution in [0.3, 0.4) is 0 Å². The van der Waals surface area contributed by atoms with Crippen LogP contribution in [0.25, 0.3) is 16.7 Å². The number of carbonyl (C=O) groups is 1. The van der Waals surface area contributed by atoms with E-state index < -0.39 is 17.2 Å². The molecule has 150 valence electrons. The minimum Gasteiger partial charge on any atom is -0.462 e. The van der Waals surface area contributed by atoms with Gasteiger partial charge in [0.05, 0.1) is 12.0 Å². The molecule has 0 radical (unpaired) electrons. The highest BCUT2D eigenvalue weighted by Crippen LogP contribution is 2.25. The van der Waals surface area contributed by atoms with Crippen molar-refractivity contribution in [1.29, 1.82) is 0 Å². The van der Waals surface area contributed by atoms with E-state index in [0.29, 0.717) is 24.4 Å². The van der Waals surface area contributed by atoms with Crippen LogP contribution in [0, 0.1) is 5.82 Å². The summed E-state index contributed by atoms with van der Waals surface area (Å²) in [4.78, 5) is 31.7. The summed E-state index contributed by atoms with van der Waals surface area (Å²) in [7, 11) is 0. The van der Waals surface area contributed by atoms with Crippen LogP contribution in [-0.4, -0.2) is 46.7 Å². The van der Waals surface area contributed by atoms with Crippen LogP contribution >= 0.6 is 11.8 Å². The molecule has 1 fully saturated rings. The van der Waals surface area contributed by atoms with E-state index in [0.717, 1.165) is 11.5 Å². The van der Waals surface area contributed by atoms with Crippen molar-refractivity contribution >= 4 is 34.6 Å². The zero-order chi connectivity index (χ0) is 20.4. The Kier molecular flexibility index (Phi) is 5.53. The van der Waals surface area contributed by atoms with E-state index in [2.05, 4.69) is 4.98 Å². The lowest BCUT2D eigenvalue weighted by Gasteiger charge is -2.28. The second-order valence-electron chi connectivity index (χ2n) is 6.56. The van der Waals surface area contributed by atoms with Crippen LogP contribution in [0.4, 0.5) is 10.2 Å². The van der Waals surface area contributed by atoms with Gasteiger partial charge in [0.15, 0.2) is 17.3 Å². The third-order valence-corrected chi connectivity index (χ3v) is 5.70. The van der Waals surface area contributed by atoms with Gasteiger partial charge in [-0.1, -0.05) is 18.2 Å². The molecule has 3 heterocycles. The molecule has 0 bridgehead atoms. The van der Waals surface area contributed by atoms with Crippen molar-refractivity contribution in [3.8, 4) is 5.69 Å². The number of fused-ring (bicyclic) bond motifs is 1. The van der Waals surface area contributed by atoms with Crippen LogP contribution in [0.15, 0.2) is 47.4 Å². The van der Waals surface area contributed by atoms with E-state index in [-0.39, 0.29) is 23.4 Å². The van der Waals surface area contributed by atoms with Crippen molar-refractivity contribution in [2.45, 2.75) is 6.92 Å². The maximum atomic E-state index is 14.9. The molecule has 8 heteroatoms. The molecular formula is C21H20FN3O3S. The number of benzene rings is 1. The monoisotopic (exact) mass is 413 g/mol. The molecule has 0 amide bonds. The average Bonchev–Trinajstić information content (AvgIpc) is 2.75. The fraction of sp³-hybridized carbons (Fsp3) is 0.286. The van der Waals surface area contributed by atoms with Gasteiger partial charge in [-0.3, -0.25) is 4.79 Å². The Labute approximate surface area is 171 Å². The van der Waals surface area contributed by atoms with E-state index in [4.69, 9.17) is 4.74 Å². The molecule has 0 aliphatic carbocycles. The van der Waals surface area contributed by atoms with Crippen molar-refractivity contribution < 1.29 is 13.9 Å². The lowest BCUT2D eigenvalue weighted by Crippen LogP contribution is -2.34. The largest absolute Gasteiger partial charge is 0.462 e. The number of ether oxygens (including phenoxy) is 1. The molecule has 3 aromatic rings. The fourth-order valence-corrected chi connectivity index (χ4v) is 4.25. The standard InChI is InChI=1S/C21H20FN3O3S/c1-2-28-21(27)16-13-25(14-6-4-3-5-7-14)19-15(18(16)26)12-17(22)20(23-19)24-8-10-29-11-9-24/h3-7,12-13H,2,8-11H2,1H3. The highest BCUT2D eigenvalue weighted by Gasteiger charge is 2.23. The molecule has 0 spiro atoms. The van der Waals surface area contributed by atoms with Crippen LogP contribution in [0.2, 0.25) is 0 Å². The summed E-state index contributed by atoms with van der Waals surface area (Å²) in [5, 5.41) is 0.0482. The van der Waals surface area contributed by atoms with Gasteiger partial charge in [0.25, 0.3) is 0 Å². The maximum absolute atomic E-state index is 14.9. The highest BCUT2D eigenvalue weighted by molar-refractivity contribution is 7.99. The first-order chi connectivity index (χ1) is 14.1. The Hall–Kier alpha value is -2.87. The molecule has 0 unspecified atom stereocenters. The number of hydrogen-bond donors (Lipinski definition) is 0. The number of hydrogen-bond acceptors (Lipinski definition) is 6. The van der Waals surface area contributed by atoms with E-state index in [9.17, 15) is 14.0 Å². The molecule has 2 aromatic heterocycles. The predicted octanol–water partition coefficient (Wildman–Crippen LogP) is 3.25. The van der Waals surface area contributed by atoms with E-state index in [1.807, 2.05) is 47.0 Å². The number of aromatic nitrogens is 2.